The van der Waals surface area contributed by atoms with Crippen molar-refractivity contribution in [1.82, 2.24) is 9.97 Å². The van der Waals surface area contributed by atoms with Gasteiger partial charge in [0.2, 0.25) is 0 Å². The number of nitrogens with two attached hydrogens (primary N) is 1. The average Bonchev–Trinajstić information content (AvgIpc) is 3.02. The van der Waals surface area contributed by atoms with E-state index in [1.807, 2.05) is 0 Å². The number of anilines is 1. The maximum absolute atomic E-state index is 12.1. The van der Waals surface area contributed by atoms with Gasteiger partial charge in [-0.25, -0.2) is 4.79 Å². The van der Waals surface area contributed by atoms with E-state index in [1.54, 1.807) is 25.1 Å². The van der Waals surface area contributed by atoms with Crippen molar-refractivity contribution < 1.29 is 13.9 Å². The number of ether oxygens (including phenoxy) is 1. The summed E-state index contributed by atoms with van der Waals surface area (Å²) in [6.07, 6.45) is 1.39. The Morgan fingerprint density at radius 3 is 3.00 bits per heavy atom. The standard InChI is InChI=1S/C14H12ClN3O3/c1-2-20-13(19)12-11(10-6-21-14(16)18-10)8-5-7(15)3-4-9(8)17-12/h3-6,17H,2H2,1H3,(H2,16,18). The molecule has 21 heavy (non-hydrogen) atoms. The molecular formula is C14H12ClN3O3. The summed E-state index contributed by atoms with van der Waals surface area (Å²) < 4.78 is 10.1. The monoisotopic (exact) mass is 305 g/mol. The molecule has 2 aromatic heterocycles. The summed E-state index contributed by atoms with van der Waals surface area (Å²) in [5, 5.41) is 1.30. The Balaban J connectivity index is 2.28. The second kappa shape index (κ2) is 5.14. The molecule has 0 aliphatic rings. The molecule has 0 atom stereocenters. The van der Waals surface area contributed by atoms with E-state index in [0.29, 0.717) is 22.0 Å². The Hall–Kier alpha value is -2.47. The molecule has 0 saturated carbocycles. The summed E-state index contributed by atoms with van der Waals surface area (Å²) in [6.45, 7) is 2.01. The van der Waals surface area contributed by atoms with E-state index < -0.39 is 5.97 Å². The number of oxazole rings is 1. The second-order valence-corrected chi connectivity index (χ2v) is 4.79. The van der Waals surface area contributed by atoms with Crippen LogP contribution in [0.15, 0.2) is 28.9 Å². The molecule has 3 rings (SSSR count). The third-order valence-electron chi connectivity index (χ3n) is 3.02. The van der Waals surface area contributed by atoms with Crippen molar-refractivity contribution in [1.29, 1.82) is 0 Å². The van der Waals surface area contributed by atoms with E-state index in [-0.39, 0.29) is 12.6 Å². The molecular weight excluding hydrogens is 294 g/mol. The first-order chi connectivity index (χ1) is 10.1. The Bertz CT molecular complexity index is 822. The van der Waals surface area contributed by atoms with Gasteiger partial charge in [0.25, 0.3) is 6.01 Å². The molecule has 0 saturated heterocycles. The van der Waals surface area contributed by atoms with E-state index in [1.165, 1.54) is 6.26 Å². The lowest BCUT2D eigenvalue weighted by molar-refractivity contribution is 0.0521. The first-order valence-electron chi connectivity index (χ1n) is 6.30. The van der Waals surface area contributed by atoms with Gasteiger partial charge in [-0.15, -0.1) is 0 Å². The average molecular weight is 306 g/mol. The summed E-state index contributed by atoms with van der Waals surface area (Å²) in [4.78, 5) is 19.2. The van der Waals surface area contributed by atoms with Crippen molar-refractivity contribution in [2.24, 2.45) is 0 Å². The van der Waals surface area contributed by atoms with Crippen LogP contribution in [0.1, 0.15) is 17.4 Å². The number of hydrogen-bond donors (Lipinski definition) is 2. The highest BCUT2D eigenvalue weighted by Gasteiger charge is 2.22. The number of carbonyl (C=O) groups is 1. The van der Waals surface area contributed by atoms with Crippen LogP contribution in [-0.4, -0.2) is 22.5 Å². The molecule has 1 aromatic carbocycles. The molecule has 0 radical (unpaired) electrons. The number of halogens is 1. The van der Waals surface area contributed by atoms with Crippen molar-refractivity contribution in [3.63, 3.8) is 0 Å². The SMILES string of the molecule is CCOC(=O)c1[nH]c2ccc(Cl)cc2c1-c1coc(N)n1. The minimum absolute atomic E-state index is 0.0242. The maximum Gasteiger partial charge on any atom is 0.355 e. The van der Waals surface area contributed by atoms with Gasteiger partial charge in [0.1, 0.15) is 17.7 Å². The van der Waals surface area contributed by atoms with Crippen LogP contribution in [0.2, 0.25) is 5.02 Å². The van der Waals surface area contributed by atoms with Crippen LogP contribution in [0.25, 0.3) is 22.2 Å². The number of nitrogens with zero attached hydrogens (tertiary/aromatic N) is 1. The number of aromatic nitrogens is 2. The van der Waals surface area contributed by atoms with Gasteiger partial charge in [-0.05, 0) is 25.1 Å². The van der Waals surface area contributed by atoms with Gasteiger partial charge in [0, 0.05) is 21.5 Å². The molecule has 3 aromatic rings. The first-order valence-corrected chi connectivity index (χ1v) is 6.67. The summed E-state index contributed by atoms with van der Waals surface area (Å²) in [5.41, 5.74) is 7.57. The Kier molecular flexibility index (Phi) is 3.31. The molecule has 0 unspecified atom stereocenters. The number of hydrogen-bond acceptors (Lipinski definition) is 5. The lowest BCUT2D eigenvalue weighted by Gasteiger charge is -2.01. The molecule has 0 spiro atoms. The molecule has 6 nitrogen and oxygen atoms in total. The van der Waals surface area contributed by atoms with Crippen LogP contribution in [0.4, 0.5) is 6.01 Å². The number of esters is 1. The van der Waals surface area contributed by atoms with Crippen molar-refractivity contribution in [3.8, 4) is 11.3 Å². The predicted molar refractivity (Wildman–Crippen MR) is 79.2 cm³/mol. The van der Waals surface area contributed by atoms with Crippen LogP contribution in [0, 0.1) is 0 Å². The van der Waals surface area contributed by atoms with Gasteiger partial charge in [0.05, 0.1) is 6.61 Å². The van der Waals surface area contributed by atoms with Crippen molar-refractivity contribution >= 4 is 34.5 Å². The third-order valence-corrected chi connectivity index (χ3v) is 3.25. The quantitative estimate of drug-likeness (QED) is 0.724. The van der Waals surface area contributed by atoms with Crippen LogP contribution >= 0.6 is 11.6 Å². The number of nitrogens with one attached hydrogen (secondary N) is 1. The number of aromatic amines is 1. The number of nitrogen functional groups attached to an aromatic ring is 1. The lowest BCUT2D eigenvalue weighted by Crippen LogP contribution is -2.06. The highest BCUT2D eigenvalue weighted by molar-refractivity contribution is 6.31. The van der Waals surface area contributed by atoms with E-state index >= 15 is 0 Å². The molecule has 0 aliphatic heterocycles. The minimum atomic E-state index is -0.471. The molecule has 3 N–H and O–H groups in total. The fourth-order valence-electron chi connectivity index (χ4n) is 2.19. The Morgan fingerprint density at radius 2 is 2.33 bits per heavy atom. The lowest BCUT2D eigenvalue weighted by atomic mass is 10.1. The minimum Gasteiger partial charge on any atom is -0.461 e. The fourth-order valence-corrected chi connectivity index (χ4v) is 2.36. The molecule has 108 valence electrons. The smallest absolute Gasteiger partial charge is 0.355 e. The van der Waals surface area contributed by atoms with Gasteiger partial charge in [-0.2, -0.15) is 4.98 Å². The largest absolute Gasteiger partial charge is 0.461 e. The van der Waals surface area contributed by atoms with Gasteiger partial charge >= 0.3 is 5.97 Å². The zero-order chi connectivity index (χ0) is 15.0. The topological polar surface area (TPSA) is 94.1 Å². The number of rotatable bonds is 3. The van der Waals surface area contributed by atoms with E-state index in [2.05, 4.69) is 9.97 Å². The first kappa shape index (κ1) is 13.5. The molecule has 2 heterocycles. The van der Waals surface area contributed by atoms with Crippen molar-refractivity contribution in [2.75, 3.05) is 12.3 Å². The van der Waals surface area contributed by atoms with E-state index in [9.17, 15) is 4.79 Å². The fraction of sp³-hybridized carbons (Fsp3) is 0.143. The second-order valence-electron chi connectivity index (χ2n) is 4.36. The van der Waals surface area contributed by atoms with Crippen LogP contribution in [0.3, 0.4) is 0 Å². The highest BCUT2D eigenvalue weighted by atomic mass is 35.5. The van der Waals surface area contributed by atoms with Crippen LogP contribution in [-0.2, 0) is 4.74 Å². The molecule has 0 fully saturated rings. The van der Waals surface area contributed by atoms with Gasteiger partial charge in [-0.3, -0.25) is 0 Å². The summed E-state index contributed by atoms with van der Waals surface area (Å²) in [6, 6.07) is 5.29. The summed E-state index contributed by atoms with van der Waals surface area (Å²) in [7, 11) is 0. The molecule has 0 amide bonds. The Morgan fingerprint density at radius 1 is 1.52 bits per heavy atom. The van der Waals surface area contributed by atoms with Gasteiger partial charge < -0.3 is 19.9 Å². The van der Waals surface area contributed by atoms with Crippen molar-refractivity contribution in [3.05, 3.63) is 35.2 Å². The molecule has 7 heteroatoms. The zero-order valence-corrected chi connectivity index (χ0v) is 11.9. The van der Waals surface area contributed by atoms with Crippen LogP contribution in [0.5, 0.6) is 0 Å². The summed E-state index contributed by atoms with van der Waals surface area (Å²) in [5.74, 6) is -0.471. The molecule has 0 aliphatic carbocycles. The predicted octanol–water partition coefficient (Wildman–Crippen LogP) is 3.24. The number of fused-ring (bicyclic) bond motifs is 1. The summed E-state index contributed by atoms with van der Waals surface area (Å²) >= 11 is 6.03. The van der Waals surface area contributed by atoms with Gasteiger partial charge in [-0.1, -0.05) is 11.6 Å². The highest BCUT2D eigenvalue weighted by Crippen LogP contribution is 2.34. The number of H-pyrrole nitrogens is 1. The maximum atomic E-state index is 12.1. The number of carbonyl (C=O) groups excluding carboxylic acids is 1. The van der Waals surface area contributed by atoms with E-state index in [0.717, 1.165) is 10.9 Å². The Labute approximate surface area is 124 Å². The van der Waals surface area contributed by atoms with Crippen LogP contribution < -0.4 is 5.73 Å². The molecule has 0 bridgehead atoms. The number of benzene rings is 1. The van der Waals surface area contributed by atoms with E-state index in [4.69, 9.17) is 26.5 Å². The van der Waals surface area contributed by atoms with Crippen molar-refractivity contribution in [2.45, 2.75) is 6.92 Å². The van der Waals surface area contributed by atoms with Gasteiger partial charge in [0.15, 0.2) is 0 Å². The normalized spacial score (nSPS) is 11.0. The zero-order valence-electron chi connectivity index (χ0n) is 11.1. The third kappa shape index (κ3) is 2.34.